The van der Waals surface area contributed by atoms with E-state index in [1.807, 2.05) is 0 Å². The maximum absolute atomic E-state index is 13.8. The molecule has 1 N–H and O–H groups in total. The van der Waals surface area contributed by atoms with Gasteiger partial charge in [-0.05, 0) is 30.3 Å². The molecule has 4 aromatic rings. The SMILES string of the molecule is O=C(Nc1cc(Cl)cc2cccnc12)c1cnn(-c2ccccc2)c1C(F)(F)F. The number of nitrogens with one attached hydrogen (secondary N) is 1. The molecular weight excluding hydrogens is 405 g/mol. The Morgan fingerprint density at radius 2 is 1.83 bits per heavy atom. The lowest BCUT2D eigenvalue weighted by atomic mass is 10.1. The summed E-state index contributed by atoms with van der Waals surface area (Å²) in [5.74, 6) is -0.964. The predicted octanol–water partition coefficient (Wildman–Crippen LogP) is 5.35. The minimum Gasteiger partial charge on any atom is -0.320 e. The number of anilines is 1. The van der Waals surface area contributed by atoms with Gasteiger partial charge in [-0.25, -0.2) is 4.68 Å². The molecule has 0 bridgehead atoms. The van der Waals surface area contributed by atoms with Gasteiger partial charge in [0, 0.05) is 16.6 Å². The smallest absolute Gasteiger partial charge is 0.320 e. The van der Waals surface area contributed by atoms with E-state index in [1.165, 1.54) is 24.4 Å². The van der Waals surface area contributed by atoms with E-state index in [-0.39, 0.29) is 11.4 Å². The number of amides is 1. The zero-order chi connectivity index (χ0) is 20.6. The quantitative estimate of drug-likeness (QED) is 0.490. The second-order valence-electron chi connectivity index (χ2n) is 6.13. The summed E-state index contributed by atoms with van der Waals surface area (Å²) in [5, 5.41) is 7.23. The van der Waals surface area contributed by atoms with Gasteiger partial charge in [-0.2, -0.15) is 18.3 Å². The Morgan fingerprint density at radius 3 is 2.55 bits per heavy atom. The highest BCUT2D eigenvalue weighted by Gasteiger charge is 2.40. The van der Waals surface area contributed by atoms with Crippen LogP contribution in [-0.4, -0.2) is 20.7 Å². The molecule has 0 spiro atoms. The lowest BCUT2D eigenvalue weighted by Crippen LogP contribution is -2.21. The minimum atomic E-state index is -4.80. The number of para-hydroxylation sites is 1. The number of fused-ring (bicyclic) bond motifs is 1. The molecular formula is C20H12ClF3N4O. The van der Waals surface area contributed by atoms with E-state index in [1.54, 1.807) is 36.4 Å². The van der Waals surface area contributed by atoms with Crippen molar-refractivity contribution in [3.8, 4) is 5.69 Å². The van der Waals surface area contributed by atoms with Gasteiger partial charge in [0.05, 0.1) is 28.7 Å². The minimum absolute atomic E-state index is 0.189. The van der Waals surface area contributed by atoms with Crippen molar-refractivity contribution < 1.29 is 18.0 Å². The molecule has 0 aliphatic heterocycles. The Bertz CT molecular complexity index is 1210. The van der Waals surface area contributed by atoms with E-state index >= 15 is 0 Å². The Labute approximate surface area is 167 Å². The van der Waals surface area contributed by atoms with Gasteiger partial charge in [0.15, 0.2) is 5.69 Å². The number of alkyl halides is 3. The summed E-state index contributed by atoms with van der Waals surface area (Å²) < 4.78 is 42.0. The lowest BCUT2D eigenvalue weighted by molar-refractivity contribution is -0.143. The molecule has 2 heterocycles. The average Bonchev–Trinajstić information content (AvgIpc) is 3.14. The summed E-state index contributed by atoms with van der Waals surface area (Å²) in [6, 6.07) is 14.3. The number of rotatable bonds is 3. The number of pyridine rings is 1. The second-order valence-corrected chi connectivity index (χ2v) is 6.57. The van der Waals surface area contributed by atoms with Gasteiger partial charge in [0.2, 0.25) is 0 Å². The van der Waals surface area contributed by atoms with Gasteiger partial charge in [-0.1, -0.05) is 35.9 Å². The topological polar surface area (TPSA) is 59.8 Å². The molecule has 4 rings (SSSR count). The van der Waals surface area contributed by atoms with Crippen LogP contribution in [0.4, 0.5) is 18.9 Å². The van der Waals surface area contributed by atoms with E-state index in [0.717, 1.165) is 6.20 Å². The van der Waals surface area contributed by atoms with Crippen LogP contribution in [0.15, 0.2) is 67.0 Å². The van der Waals surface area contributed by atoms with Gasteiger partial charge in [0.25, 0.3) is 5.91 Å². The van der Waals surface area contributed by atoms with Crippen molar-refractivity contribution in [3.63, 3.8) is 0 Å². The molecule has 2 aromatic heterocycles. The monoisotopic (exact) mass is 416 g/mol. The van der Waals surface area contributed by atoms with Crippen molar-refractivity contribution in [1.29, 1.82) is 0 Å². The first-order chi connectivity index (χ1) is 13.8. The summed E-state index contributed by atoms with van der Waals surface area (Å²) in [4.78, 5) is 16.9. The van der Waals surface area contributed by atoms with Crippen LogP contribution in [0, 0.1) is 0 Å². The highest BCUT2D eigenvalue weighted by atomic mass is 35.5. The van der Waals surface area contributed by atoms with Gasteiger partial charge < -0.3 is 5.32 Å². The molecule has 146 valence electrons. The maximum atomic E-state index is 13.8. The van der Waals surface area contributed by atoms with Gasteiger partial charge >= 0.3 is 6.18 Å². The number of hydrogen-bond acceptors (Lipinski definition) is 3. The second kappa shape index (κ2) is 7.21. The largest absolute Gasteiger partial charge is 0.434 e. The van der Waals surface area contributed by atoms with Crippen LogP contribution in [0.3, 0.4) is 0 Å². The van der Waals surface area contributed by atoms with Crippen molar-refractivity contribution >= 4 is 34.1 Å². The molecule has 0 unspecified atom stereocenters. The molecule has 0 atom stereocenters. The number of hydrogen-bond donors (Lipinski definition) is 1. The molecule has 29 heavy (non-hydrogen) atoms. The summed E-state index contributed by atoms with van der Waals surface area (Å²) in [6.45, 7) is 0. The van der Waals surface area contributed by atoms with Crippen molar-refractivity contribution in [2.75, 3.05) is 5.32 Å². The fraction of sp³-hybridized carbons (Fsp3) is 0.0500. The summed E-state index contributed by atoms with van der Waals surface area (Å²) in [7, 11) is 0. The Morgan fingerprint density at radius 1 is 1.07 bits per heavy atom. The molecule has 9 heteroatoms. The third-order valence-corrected chi connectivity index (χ3v) is 4.42. The standard InChI is InChI=1S/C20H12ClF3N4O/c21-13-9-12-5-4-8-25-17(12)16(10-13)27-19(29)15-11-26-28(18(15)20(22,23)24)14-6-2-1-3-7-14/h1-11H,(H,27,29). The average molecular weight is 417 g/mol. The summed E-state index contributed by atoms with van der Waals surface area (Å²) >= 11 is 6.07. The van der Waals surface area contributed by atoms with Gasteiger partial charge in [-0.3, -0.25) is 9.78 Å². The van der Waals surface area contributed by atoms with Crippen LogP contribution in [0.1, 0.15) is 16.1 Å². The van der Waals surface area contributed by atoms with E-state index in [2.05, 4.69) is 15.4 Å². The van der Waals surface area contributed by atoms with E-state index in [4.69, 9.17) is 11.6 Å². The number of carbonyl (C=O) groups is 1. The first-order valence-corrected chi connectivity index (χ1v) is 8.78. The lowest BCUT2D eigenvalue weighted by Gasteiger charge is -2.13. The van der Waals surface area contributed by atoms with Crippen molar-refractivity contribution in [2.24, 2.45) is 0 Å². The molecule has 0 radical (unpaired) electrons. The fourth-order valence-electron chi connectivity index (χ4n) is 2.99. The highest BCUT2D eigenvalue weighted by molar-refractivity contribution is 6.32. The summed E-state index contributed by atoms with van der Waals surface area (Å²) in [6.07, 6.45) is -2.39. The number of carbonyl (C=O) groups excluding carboxylic acids is 1. The Kier molecular flexibility index (Phi) is 4.71. The Balaban J connectivity index is 1.78. The van der Waals surface area contributed by atoms with Crippen LogP contribution in [0.2, 0.25) is 5.02 Å². The number of benzene rings is 2. The zero-order valence-corrected chi connectivity index (χ0v) is 15.4. The van der Waals surface area contributed by atoms with Crippen molar-refractivity contribution in [2.45, 2.75) is 6.18 Å². The molecule has 0 saturated heterocycles. The first-order valence-electron chi connectivity index (χ1n) is 8.41. The maximum Gasteiger partial charge on any atom is 0.434 e. The molecule has 0 saturated carbocycles. The van der Waals surface area contributed by atoms with Crippen molar-refractivity contribution in [1.82, 2.24) is 14.8 Å². The number of halogens is 4. The molecule has 0 fully saturated rings. The van der Waals surface area contributed by atoms with Crippen LogP contribution < -0.4 is 5.32 Å². The summed E-state index contributed by atoms with van der Waals surface area (Å²) in [5.41, 5.74) is -0.965. The van der Waals surface area contributed by atoms with Crippen LogP contribution >= 0.6 is 11.6 Å². The van der Waals surface area contributed by atoms with Crippen LogP contribution in [0.5, 0.6) is 0 Å². The molecule has 5 nitrogen and oxygen atoms in total. The number of aromatic nitrogens is 3. The normalized spacial score (nSPS) is 11.6. The third kappa shape index (κ3) is 3.66. The van der Waals surface area contributed by atoms with Crippen LogP contribution in [-0.2, 0) is 6.18 Å². The van der Waals surface area contributed by atoms with E-state index in [9.17, 15) is 18.0 Å². The molecule has 0 aliphatic carbocycles. The Hall–Kier alpha value is -3.39. The van der Waals surface area contributed by atoms with Gasteiger partial charge in [-0.15, -0.1) is 0 Å². The van der Waals surface area contributed by atoms with Crippen molar-refractivity contribution in [3.05, 3.63) is 83.3 Å². The van der Waals surface area contributed by atoms with Crippen LogP contribution in [0.25, 0.3) is 16.6 Å². The molecule has 0 aliphatic rings. The zero-order valence-electron chi connectivity index (χ0n) is 14.6. The van der Waals surface area contributed by atoms with Gasteiger partial charge in [0.1, 0.15) is 0 Å². The fourth-order valence-corrected chi connectivity index (χ4v) is 3.22. The predicted molar refractivity (Wildman–Crippen MR) is 103 cm³/mol. The highest BCUT2D eigenvalue weighted by Crippen LogP contribution is 2.34. The first kappa shape index (κ1) is 18.9. The number of nitrogens with zero attached hydrogens (tertiary/aromatic N) is 3. The third-order valence-electron chi connectivity index (χ3n) is 4.20. The van der Waals surface area contributed by atoms with E-state index < -0.39 is 23.3 Å². The molecule has 2 aromatic carbocycles. The van der Waals surface area contributed by atoms with E-state index in [0.29, 0.717) is 20.6 Å². The molecule has 1 amide bonds.